The summed E-state index contributed by atoms with van der Waals surface area (Å²) in [7, 11) is 0.380. The molecular weight excluding hydrogens is 503 g/mol. The van der Waals surface area contributed by atoms with E-state index in [0.29, 0.717) is 7.92 Å². The van der Waals surface area contributed by atoms with Crippen LogP contribution in [-0.2, 0) is 20.1 Å². The Hall–Kier alpha value is 0.0994. The van der Waals surface area contributed by atoms with Crippen LogP contribution >= 0.6 is 7.92 Å². The predicted molar refractivity (Wildman–Crippen MR) is 87.8 cm³/mol. The maximum Gasteiger partial charge on any atom is 0.321 e. The van der Waals surface area contributed by atoms with Gasteiger partial charge in [-0.2, -0.15) is 17.6 Å². The Balaban J connectivity index is -0.000000279. The summed E-state index contributed by atoms with van der Waals surface area (Å²) in [6.45, 7) is 17.7. The summed E-state index contributed by atoms with van der Waals surface area (Å²) in [6.07, 6.45) is -4.62. The van der Waals surface area contributed by atoms with Crippen LogP contribution < -0.4 is 0 Å². The minimum absolute atomic E-state index is 0. The van der Waals surface area contributed by atoms with Gasteiger partial charge in [-0.3, -0.25) is 0 Å². The molecule has 0 aromatic heterocycles. The Morgan fingerprint density at radius 1 is 0.609 bits per heavy atom. The molecule has 1 aliphatic carbocycles. The van der Waals surface area contributed by atoms with Crippen LogP contribution in [0.15, 0.2) is 23.6 Å². The first-order valence-electron chi connectivity index (χ1n) is 6.60. The number of halogens is 4. The molecule has 6 radical (unpaired) electrons. The van der Waals surface area contributed by atoms with E-state index in [1.165, 1.54) is 29.6 Å². The summed E-state index contributed by atoms with van der Waals surface area (Å²) in [4.78, 5) is 0. The van der Waals surface area contributed by atoms with Crippen molar-refractivity contribution < 1.29 is 37.7 Å². The van der Waals surface area contributed by atoms with E-state index in [9.17, 15) is 17.6 Å². The van der Waals surface area contributed by atoms with E-state index in [1.54, 1.807) is 0 Å². The molecule has 1 aliphatic rings. The molecule has 23 heavy (non-hydrogen) atoms. The third-order valence-corrected chi connectivity index (χ3v) is 3.06. The molecule has 1 saturated carbocycles. The maximum atomic E-state index is 10.8. The molecule has 0 aromatic carbocycles. The molecule has 134 valence electrons. The fourth-order valence-electron chi connectivity index (χ4n) is 1.50. The molecule has 1 rings (SSSR count). The molecule has 0 heterocycles. The van der Waals surface area contributed by atoms with Crippen molar-refractivity contribution in [3.8, 4) is 0 Å². The summed E-state index contributed by atoms with van der Waals surface area (Å²) < 4.78 is 43.2. The van der Waals surface area contributed by atoms with Crippen molar-refractivity contribution >= 4 is 7.92 Å². The summed E-state index contributed by atoms with van der Waals surface area (Å²) in [5.74, 6) is 7.34. The molecule has 0 nitrogen and oxygen atoms in total. The summed E-state index contributed by atoms with van der Waals surface area (Å²) >= 11 is 0. The van der Waals surface area contributed by atoms with Crippen LogP contribution in [0.25, 0.3) is 0 Å². The Morgan fingerprint density at radius 2 is 0.739 bits per heavy atom. The first kappa shape index (κ1) is 27.9. The van der Waals surface area contributed by atoms with Crippen molar-refractivity contribution in [3.05, 3.63) is 53.2 Å². The molecule has 0 spiro atoms. The quantitative estimate of drug-likeness (QED) is 0.189. The molecule has 0 amide bonds. The average Bonchev–Trinajstić information content (AvgIpc) is 2.55. The van der Waals surface area contributed by atoms with E-state index in [-0.39, 0.29) is 20.1 Å². The first-order chi connectivity index (χ1) is 9.91. The summed E-state index contributed by atoms with van der Waals surface area (Å²) in [5.41, 5.74) is 1.78. The smallest absolute Gasteiger partial charge is 0.163 e. The van der Waals surface area contributed by atoms with Gasteiger partial charge in [0, 0.05) is 31.6 Å². The zero-order chi connectivity index (χ0) is 18.0. The Bertz CT molecular complexity index is 337. The zero-order valence-electron chi connectivity index (χ0n) is 14.8. The van der Waals surface area contributed by atoms with Crippen LogP contribution in [0.3, 0.4) is 0 Å². The van der Waals surface area contributed by atoms with Crippen LogP contribution in [0.4, 0.5) is 17.6 Å². The third-order valence-electron chi connectivity index (χ3n) is 3.06. The zero-order valence-corrected chi connectivity index (χ0v) is 18.1. The van der Waals surface area contributed by atoms with Crippen molar-refractivity contribution in [2.75, 3.05) is 20.0 Å². The largest absolute Gasteiger partial charge is 0.321 e. The molecule has 0 atom stereocenters. The number of hydrogen-bond donors (Lipinski definition) is 0. The maximum absolute atomic E-state index is 10.8. The standard InChI is InChI=1S/C10H15.C4F4.C3H9P.Ir/c1-6-7(2)9(4)10(5)8(6)3;5-3(6)1-2-4(7)8;1-4(2)3;/h1-5H3;;1-3H3;. The van der Waals surface area contributed by atoms with Gasteiger partial charge in [-0.25, -0.2) is 0 Å². The van der Waals surface area contributed by atoms with Gasteiger partial charge in [-0.05, 0) is 49.6 Å². The molecule has 0 N–H and O–H groups in total. The van der Waals surface area contributed by atoms with Gasteiger partial charge >= 0.3 is 12.2 Å². The fourth-order valence-corrected chi connectivity index (χ4v) is 1.50. The predicted octanol–water partition coefficient (Wildman–Crippen LogP) is 6.63. The van der Waals surface area contributed by atoms with Crippen LogP contribution in [0.1, 0.15) is 34.6 Å². The van der Waals surface area contributed by atoms with Crippen LogP contribution in [-0.4, -0.2) is 20.0 Å². The van der Waals surface area contributed by atoms with Crippen molar-refractivity contribution in [2.45, 2.75) is 34.6 Å². The number of hydrogen-bond acceptors (Lipinski definition) is 0. The van der Waals surface area contributed by atoms with Crippen LogP contribution in [0.2, 0.25) is 0 Å². The Kier molecular flexibility index (Phi) is 17.5. The second kappa shape index (κ2) is 14.4. The second-order valence-electron chi connectivity index (χ2n) is 5.24. The second-order valence-corrected chi connectivity index (χ2v) is 7.92. The monoisotopic (exact) mass is 528 g/mol. The van der Waals surface area contributed by atoms with Gasteiger partial charge in [0.1, 0.15) is 0 Å². The summed E-state index contributed by atoms with van der Waals surface area (Å²) in [5, 5.41) is 0. The molecule has 0 aliphatic heterocycles. The van der Waals surface area contributed by atoms with Crippen LogP contribution in [0, 0.1) is 29.6 Å². The Labute approximate surface area is 153 Å². The molecule has 0 aromatic rings. The minimum Gasteiger partial charge on any atom is -0.163 e. The van der Waals surface area contributed by atoms with E-state index >= 15 is 0 Å². The molecule has 0 unspecified atom stereocenters. The Morgan fingerprint density at radius 3 is 0.826 bits per heavy atom. The SMILES string of the molecule is CP(C)C.C[C]1[C](C)[C](C)[C](C)[C]1C.FC(F)=C=C=C(F)F.[Ir]. The van der Waals surface area contributed by atoms with E-state index in [1.807, 2.05) is 0 Å². The van der Waals surface area contributed by atoms with Gasteiger partial charge in [0.25, 0.3) is 0 Å². The van der Waals surface area contributed by atoms with E-state index in [0.717, 1.165) is 11.5 Å². The van der Waals surface area contributed by atoms with E-state index in [2.05, 4.69) is 54.6 Å². The van der Waals surface area contributed by atoms with Crippen molar-refractivity contribution in [3.63, 3.8) is 0 Å². The van der Waals surface area contributed by atoms with Crippen LogP contribution in [0.5, 0.6) is 0 Å². The van der Waals surface area contributed by atoms with Gasteiger partial charge in [-0.15, -0.1) is 7.92 Å². The average molecular weight is 528 g/mol. The molecular formula is C17H24F4IrP. The molecule has 0 saturated heterocycles. The van der Waals surface area contributed by atoms with Gasteiger partial charge in [0.2, 0.25) is 0 Å². The molecule has 0 bridgehead atoms. The topological polar surface area (TPSA) is 0 Å². The fraction of sp³-hybridized carbons (Fsp3) is 0.471. The first-order valence-corrected chi connectivity index (χ1v) is 9.28. The van der Waals surface area contributed by atoms with Crippen molar-refractivity contribution in [1.82, 2.24) is 0 Å². The van der Waals surface area contributed by atoms with E-state index in [4.69, 9.17) is 0 Å². The van der Waals surface area contributed by atoms with Crippen molar-refractivity contribution in [2.24, 2.45) is 0 Å². The van der Waals surface area contributed by atoms with Gasteiger partial charge in [-0.1, -0.05) is 34.6 Å². The molecule has 1 fully saturated rings. The van der Waals surface area contributed by atoms with Crippen molar-refractivity contribution in [1.29, 1.82) is 0 Å². The summed E-state index contributed by atoms with van der Waals surface area (Å²) in [6, 6.07) is 0. The van der Waals surface area contributed by atoms with Gasteiger partial charge < -0.3 is 0 Å². The van der Waals surface area contributed by atoms with Gasteiger partial charge in [0.05, 0.1) is 0 Å². The molecule has 6 heteroatoms. The third kappa shape index (κ3) is 14.2. The van der Waals surface area contributed by atoms with Gasteiger partial charge in [0.15, 0.2) is 0 Å². The normalized spacial score (nSPS) is 16.4. The van der Waals surface area contributed by atoms with E-state index < -0.39 is 12.2 Å². The number of rotatable bonds is 0. The minimum atomic E-state index is -2.31.